The second-order valence-corrected chi connectivity index (χ2v) is 10.0. The monoisotopic (exact) mass is 647 g/mol. The lowest BCUT2D eigenvalue weighted by molar-refractivity contribution is 0.0746. The van der Waals surface area contributed by atoms with Gasteiger partial charge in [0.25, 0.3) is 5.91 Å². The van der Waals surface area contributed by atoms with E-state index in [1.165, 1.54) is 0 Å². The first-order valence-electron chi connectivity index (χ1n) is 13.0. The van der Waals surface area contributed by atoms with Crippen molar-refractivity contribution < 1.29 is 24.2 Å². The zero-order valence-corrected chi connectivity index (χ0v) is 24.3. The summed E-state index contributed by atoms with van der Waals surface area (Å²) in [5.74, 6) is 1.14. The average Bonchev–Trinajstić information content (AvgIpc) is 3.45. The fourth-order valence-electron chi connectivity index (χ4n) is 4.49. The van der Waals surface area contributed by atoms with E-state index in [0.29, 0.717) is 56.9 Å². The molecule has 2 aromatic carbocycles. The van der Waals surface area contributed by atoms with Gasteiger partial charge in [0.1, 0.15) is 30.0 Å². The second kappa shape index (κ2) is 13.8. The molecule has 1 fully saturated rings. The summed E-state index contributed by atoms with van der Waals surface area (Å²) < 4.78 is 12.8. The summed E-state index contributed by atoms with van der Waals surface area (Å²) in [6.45, 7) is 4.96. The molecule has 3 amide bonds. The van der Waals surface area contributed by atoms with Crippen LogP contribution in [0.4, 0.5) is 10.5 Å². The maximum atomic E-state index is 12.8. The quantitative estimate of drug-likeness (QED) is 0.181. The van der Waals surface area contributed by atoms with Gasteiger partial charge in [0.05, 0.1) is 11.1 Å². The number of carbonyl (C=O) groups is 2. The van der Waals surface area contributed by atoms with Gasteiger partial charge in [-0.25, -0.2) is 4.79 Å². The molecule has 0 radical (unpaired) electrons. The topological polar surface area (TPSA) is 125 Å². The van der Waals surface area contributed by atoms with E-state index in [9.17, 15) is 14.7 Å². The molecule has 4 N–H and O–H groups in total. The minimum absolute atomic E-state index is 0.0674. The molecule has 0 bridgehead atoms. The van der Waals surface area contributed by atoms with Gasteiger partial charge in [-0.2, -0.15) is 0 Å². The number of β-amino-alcohol motifs (C(OH)–C–C–N with tert-alkyl or cyclic N) is 1. The lowest BCUT2D eigenvalue weighted by atomic mass is 10.1. The van der Waals surface area contributed by atoms with Crippen LogP contribution in [0.25, 0.3) is 10.9 Å². The molecule has 1 saturated heterocycles. The summed E-state index contributed by atoms with van der Waals surface area (Å²) in [6.07, 6.45) is 3.25. The third kappa shape index (κ3) is 7.49. The number of fused-ring (bicyclic) bond motifs is 1. The fourth-order valence-corrected chi connectivity index (χ4v) is 5.12. The molecular formula is C28H34IN5O5. The minimum atomic E-state index is -0.670. The summed E-state index contributed by atoms with van der Waals surface area (Å²) >= 11 is 2.24. The SMILES string of the molecule is CCNC(=O)Nc1ccc(Oc2ccnc3cc(OC[C@H](O)CN4CCCC4)c(C(=O)NC)cc23)cc1CI. The standard InChI is InChI=1S/C28H34IN5O5/c1-3-31-28(37)33-23-7-6-20(12-18(23)15-29)39-25-8-9-32-24-14-26(22(13-21(24)25)27(36)30-2)38-17-19(35)16-34-10-4-5-11-34/h6-9,12-14,19,35H,3-5,10-11,15-17H2,1-2H3,(H,30,36)(H2,31,33,37)/t19-/m1/s1. The van der Waals surface area contributed by atoms with Gasteiger partial charge in [0, 0.05) is 47.9 Å². The zero-order chi connectivity index (χ0) is 27.8. The number of aliphatic hydroxyl groups is 1. The number of aromatic nitrogens is 1. The number of nitrogens with one attached hydrogen (secondary N) is 3. The molecule has 0 aliphatic carbocycles. The lowest BCUT2D eigenvalue weighted by Gasteiger charge is -2.20. The molecule has 11 heteroatoms. The Labute approximate surface area is 241 Å². The molecule has 1 aromatic heterocycles. The number of aliphatic hydroxyl groups excluding tert-OH is 1. The number of ether oxygens (including phenoxy) is 2. The van der Waals surface area contributed by atoms with Gasteiger partial charge in [-0.3, -0.25) is 9.78 Å². The first-order valence-corrected chi connectivity index (χ1v) is 14.5. The van der Waals surface area contributed by atoms with Crippen molar-refractivity contribution in [1.29, 1.82) is 0 Å². The van der Waals surface area contributed by atoms with Gasteiger partial charge in [0.15, 0.2) is 0 Å². The van der Waals surface area contributed by atoms with E-state index in [0.717, 1.165) is 31.5 Å². The average molecular weight is 648 g/mol. The largest absolute Gasteiger partial charge is 0.490 e. The van der Waals surface area contributed by atoms with E-state index in [1.54, 1.807) is 43.6 Å². The van der Waals surface area contributed by atoms with E-state index in [-0.39, 0.29) is 18.5 Å². The number of anilines is 1. The van der Waals surface area contributed by atoms with Crippen LogP contribution in [0.5, 0.6) is 17.2 Å². The van der Waals surface area contributed by atoms with Crippen LogP contribution in [0.2, 0.25) is 0 Å². The molecule has 3 aromatic rings. The van der Waals surface area contributed by atoms with Gasteiger partial charge in [-0.15, -0.1) is 0 Å². The minimum Gasteiger partial charge on any atom is -0.490 e. The van der Waals surface area contributed by atoms with Crippen molar-refractivity contribution in [1.82, 2.24) is 20.5 Å². The number of nitrogens with zero attached hydrogens (tertiary/aromatic N) is 2. The molecule has 39 heavy (non-hydrogen) atoms. The molecule has 2 heterocycles. The lowest BCUT2D eigenvalue weighted by Crippen LogP contribution is -2.34. The third-order valence-electron chi connectivity index (χ3n) is 6.41. The number of alkyl halides is 1. The number of hydrogen-bond acceptors (Lipinski definition) is 7. The molecule has 0 unspecified atom stereocenters. The van der Waals surface area contributed by atoms with Crippen molar-refractivity contribution in [2.75, 3.05) is 45.2 Å². The molecule has 10 nitrogen and oxygen atoms in total. The van der Waals surface area contributed by atoms with E-state index >= 15 is 0 Å². The Morgan fingerprint density at radius 1 is 1.15 bits per heavy atom. The van der Waals surface area contributed by atoms with Crippen LogP contribution < -0.4 is 25.4 Å². The Morgan fingerprint density at radius 2 is 1.95 bits per heavy atom. The number of likely N-dealkylation sites (tertiary alicyclic amines) is 1. The van der Waals surface area contributed by atoms with Gasteiger partial charge in [0.2, 0.25) is 0 Å². The number of halogens is 1. The van der Waals surface area contributed by atoms with Crippen LogP contribution in [0.1, 0.15) is 35.7 Å². The summed E-state index contributed by atoms with van der Waals surface area (Å²) in [5, 5.41) is 19.4. The van der Waals surface area contributed by atoms with Crippen molar-refractivity contribution in [2.45, 2.75) is 30.3 Å². The van der Waals surface area contributed by atoms with E-state index in [1.807, 2.05) is 13.0 Å². The first-order chi connectivity index (χ1) is 18.9. The summed E-state index contributed by atoms with van der Waals surface area (Å²) in [4.78, 5) is 31.4. The molecule has 1 atom stereocenters. The maximum Gasteiger partial charge on any atom is 0.319 e. The number of rotatable bonds is 11. The van der Waals surface area contributed by atoms with Crippen molar-refractivity contribution >= 4 is 51.1 Å². The normalized spacial score (nSPS) is 14.2. The Balaban J connectivity index is 1.58. The molecular weight excluding hydrogens is 613 g/mol. The number of hydrogen-bond donors (Lipinski definition) is 4. The predicted octanol–water partition coefficient (Wildman–Crippen LogP) is 4.30. The predicted molar refractivity (Wildman–Crippen MR) is 159 cm³/mol. The Bertz CT molecular complexity index is 1310. The van der Waals surface area contributed by atoms with Crippen LogP contribution in [0.15, 0.2) is 42.6 Å². The molecule has 1 aliphatic heterocycles. The number of amides is 3. The van der Waals surface area contributed by atoms with Crippen LogP contribution in [-0.4, -0.2) is 72.9 Å². The third-order valence-corrected chi connectivity index (χ3v) is 7.23. The van der Waals surface area contributed by atoms with Crippen LogP contribution in [0, 0.1) is 0 Å². The van der Waals surface area contributed by atoms with E-state index < -0.39 is 6.10 Å². The summed E-state index contributed by atoms with van der Waals surface area (Å²) in [6, 6.07) is 10.3. The van der Waals surface area contributed by atoms with Gasteiger partial charge < -0.3 is 35.4 Å². The second-order valence-electron chi connectivity index (χ2n) is 9.27. The Kier molecular flexibility index (Phi) is 10.2. The number of pyridine rings is 1. The molecule has 4 rings (SSSR count). The molecule has 0 spiro atoms. The number of benzene rings is 2. The van der Waals surface area contributed by atoms with Crippen LogP contribution in [0.3, 0.4) is 0 Å². The molecule has 208 valence electrons. The summed E-state index contributed by atoms with van der Waals surface area (Å²) in [7, 11) is 1.56. The highest BCUT2D eigenvalue weighted by Crippen LogP contribution is 2.35. The molecule has 1 aliphatic rings. The Hall–Kier alpha value is -3.16. The Morgan fingerprint density at radius 3 is 2.67 bits per heavy atom. The highest BCUT2D eigenvalue weighted by atomic mass is 127. The van der Waals surface area contributed by atoms with Gasteiger partial charge in [-0.1, -0.05) is 22.6 Å². The molecule has 0 saturated carbocycles. The van der Waals surface area contributed by atoms with Gasteiger partial charge >= 0.3 is 6.03 Å². The smallest absolute Gasteiger partial charge is 0.319 e. The first kappa shape index (κ1) is 28.8. The van der Waals surface area contributed by atoms with Crippen LogP contribution >= 0.6 is 22.6 Å². The van der Waals surface area contributed by atoms with Crippen molar-refractivity contribution in [3.8, 4) is 17.2 Å². The highest BCUT2D eigenvalue weighted by Gasteiger charge is 2.20. The van der Waals surface area contributed by atoms with Crippen molar-refractivity contribution in [2.24, 2.45) is 0 Å². The highest BCUT2D eigenvalue weighted by molar-refractivity contribution is 14.1. The van der Waals surface area contributed by atoms with Crippen molar-refractivity contribution in [3.63, 3.8) is 0 Å². The van der Waals surface area contributed by atoms with E-state index in [4.69, 9.17) is 9.47 Å². The maximum absolute atomic E-state index is 12.8. The zero-order valence-electron chi connectivity index (χ0n) is 22.1. The van der Waals surface area contributed by atoms with Crippen LogP contribution in [-0.2, 0) is 4.43 Å². The van der Waals surface area contributed by atoms with Crippen molar-refractivity contribution in [3.05, 3.63) is 53.7 Å². The summed E-state index contributed by atoms with van der Waals surface area (Å²) in [5.41, 5.74) is 2.53. The van der Waals surface area contributed by atoms with Gasteiger partial charge in [-0.05, 0) is 68.8 Å². The fraction of sp³-hybridized carbons (Fsp3) is 0.393. The number of urea groups is 1. The number of carbonyl (C=O) groups excluding carboxylic acids is 2. The van der Waals surface area contributed by atoms with E-state index in [2.05, 4.69) is 48.4 Å².